The van der Waals surface area contributed by atoms with Gasteiger partial charge < -0.3 is 10.0 Å². The highest BCUT2D eigenvalue weighted by Crippen LogP contribution is 2.27. The third-order valence-corrected chi connectivity index (χ3v) is 2.61. The SMILES string of the molecule is CCN1C(=O)NC(=N)C1c1cccc(O)c1. The number of urea groups is 1. The zero-order chi connectivity index (χ0) is 11.7. The van der Waals surface area contributed by atoms with Crippen LogP contribution in [0.5, 0.6) is 5.75 Å². The Morgan fingerprint density at radius 2 is 2.31 bits per heavy atom. The molecule has 1 saturated heterocycles. The smallest absolute Gasteiger partial charge is 0.323 e. The maximum absolute atomic E-state index is 11.5. The predicted molar refractivity (Wildman–Crippen MR) is 59.5 cm³/mol. The molecule has 0 spiro atoms. The maximum Gasteiger partial charge on any atom is 0.323 e. The third kappa shape index (κ3) is 1.60. The second kappa shape index (κ2) is 3.84. The summed E-state index contributed by atoms with van der Waals surface area (Å²) in [6.07, 6.45) is 0. The number of aromatic hydroxyl groups is 1. The van der Waals surface area contributed by atoms with Crippen molar-refractivity contribution in [1.29, 1.82) is 5.41 Å². The van der Waals surface area contributed by atoms with Gasteiger partial charge in [-0.05, 0) is 24.6 Å². The van der Waals surface area contributed by atoms with Crippen molar-refractivity contribution in [2.24, 2.45) is 0 Å². The molecule has 1 heterocycles. The zero-order valence-corrected chi connectivity index (χ0v) is 8.90. The largest absolute Gasteiger partial charge is 0.508 e. The average molecular weight is 219 g/mol. The number of benzene rings is 1. The Hall–Kier alpha value is -2.04. The van der Waals surface area contributed by atoms with Crippen molar-refractivity contribution in [3.05, 3.63) is 29.8 Å². The van der Waals surface area contributed by atoms with E-state index in [2.05, 4.69) is 5.32 Å². The number of carbonyl (C=O) groups excluding carboxylic acids is 1. The highest BCUT2D eigenvalue weighted by atomic mass is 16.3. The van der Waals surface area contributed by atoms with Crippen LogP contribution in [0.3, 0.4) is 0 Å². The lowest BCUT2D eigenvalue weighted by atomic mass is 10.1. The number of nitrogens with zero attached hydrogens (tertiary/aromatic N) is 1. The lowest BCUT2D eigenvalue weighted by Gasteiger charge is -2.21. The number of phenolic OH excluding ortho intramolecular Hbond substituents is 1. The van der Waals surface area contributed by atoms with Gasteiger partial charge in [0.1, 0.15) is 17.6 Å². The minimum absolute atomic E-state index is 0.140. The molecule has 1 unspecified atom stereocenters. The van der Waals surface area contributed by atoms with Crippen LogP contribution in [-0.2, 0) is 0 Å². The Morgan fingerprint density at radius 3 is 2.94 bits per heavy atom. The summed E-state index contributed by atoms with van der Waals surface area (Å²) in [6.45, 7) is 2.38. The van der Waals surface area contributed by atoms with Gasteiger partial charge in [0.2, 0.25) is 0 Å². The minimum Gasteiger partial charge on any atom is -0.508 e. The van der Waals surface area contributed by atoms with E-state index in [1.165, 1.54) is 0 Å². The summed E-state index contributed by atoms with van der Waals surface area (Å²) in [5.41, 5.74) is 0.741. The molecular formula is C11H13N3O2. The van der Waals surface area contributed by atoms with Crippen molar-refractivity contribution in [3.8, 4) is 5.75 Å². The molecule has 1 aromatic carbocycles. The molecule has 3 N–H and O–H groups in total. The molecule has 1 atom stereocenters. The summed E-state index contributed by atoms with van der Waals surface area (Å²) in [5.74, 6) is 0.290. The fourth-order valence-corrected chi connectivity index (χ4v) is 1.90. The van der Waals surface area contributed by atoms with Crippen molar-refractivity contribution in [3.63, 3.8) is 0 Å². The molecule has 2 amide bonds. The Labute approximate surface area is 93.2 Å². The van der Waals surface area contributed by atoms with Crippen LogP contribution in [0.15, 0.2) is 24.3 Å². The Bertz CT molecular complexity index is 445. The average Bonchev–Trinajstić information content (AvgIpc) is 2.52. The van der Waals surface area contributed by atoms with E-state index >= 15 is 0 Å². The van der Waals surface area contributed by atoms with Crippen molar-refractivity contribution in [1.82, 2.24) is 10.2 Å². The second-order valence-corrected chi connectivity index (χ2v) is 3.63. The fraction of sp³-hybridized carbons (Fsp3) is 0.273. The summed E-state index contributed by atoms with van der Waals surface area (Å²) in [4.78, 5) is 13.0. The number of phenols is 1. The molecule has 1 aromatic rings. The molecule has 0 radical (unpaired) electrons. The first-order valence-corrected chi connectivity index (χ1v) is 5.08. The summed E-state index contributed by atoms with van der Waals surface area (Å²) in [5, 5.41) is 19.6. The highest BCUT2D eigenvalue weighted by molar-refractivity contribution is 6.06. The topological polar surface area (TPSA) is 76.4 Å². The molecular weight excluding hydrogens is 206 g/mol. The standard InChI is InChI=1S/C11H13N3O2/c1-2-14-9(10(12)13-11(14)16)7-4-3-5-8(15)6-7/h3-6,9,15H,2H2,1H3,(H2,12,13,16). The van der Waals surface area contributed by atoms with Crippen LogP contribution in [0, 0.1) is 5.41 Å². The summed E-state index contributed by atoms with van der Waals surface area (Å²) < 4.78 is 0. The van der Waals surface area contributed by atoms with Gasteiger partial charge in [-0.1, -0.05) is 12.1 Å². The van der Waals surface area contributed by atoms with Gasteiger partial charge in [-0.25, -0.2) is 4.79 Å². The van der Waals surface area contributed by atoms with Crippen molar-refractivity contribution in [2.75, 3.05) is 6.54 Å². The van der Waals surface area contributed by atoms with Crippen LogP contribution in [0.4, 0.5) is 4.79 Å². The first-order valence-electron chi connectivity index (χ1n) is 5.08. The number of nitrogens with one attached hydrogen (secondary N) is 2. The van der Waals surface area contributed by atoms with Gasteiger partial charge in [0.05, 0.1) is 0 Å². The van der Waals surface area contributed by atoms with E-state index in [9.17, 15) is 9.90 Å². The van der Waals surface area contributed by atoms with Gasteiger partial charge in [0, 0.05) is 6.54 Å². The van der Waals surface area contributed by atoms with Gasteiger partial charge in [0.15, 0.2) is 0 Å². The number of rotatable bonds is 2. The van der Waals surface area contributed by atoms with E-state index in [0.717, 1.165) is 5.56 Å². The van der Waals surface area contributed by atoms with E-state index < -0.39 is 6.04 Å². The molecule has 2 rings (SSSR count). The maximum atomic E-state index is 11.5. The number of amidine groups is 1. The molecule has 0 aromatic heterocycles. The Morgan fingerprint density at radius 1 is 1.56 bits per heavy atom. The molecule has 84 valence electrons. The van der Waals surface area contributed by atoms with E-state index in [4.69, 9.17) is 5.41 Å². The van der Waals surface area contributed by atoms with Gasteiger partial charge in [-0.3, -0.25) is 10.7 Å². The summed E-state index contributed by atoms with van der Waals surface area (Å²) in [6, 6.07) is 5.96. The van der Waals surface area contributed by atoms with Crippen LogP contribution in [0.2, 0.25) is 0 Å². The predicted octanol–water partition coefficient (Wildman–Crippen LogP) is 1.46. The van der Waals surface area contributed by atoms with Gasteiger partial charge in [-0.15, -0.1) is 0 Å². The lowest BCUT2D eigenvalue weighted by Crippen LogP contribution is -2.29. The van der Waals surface area contributed by atoms with E-state index in [1.54, 1.807) is 29.2 Å². The monoisotopic (exact) mass is 219 g/mol. The number of amides is 2. The normalized spacial score (nSPS) is 20.1. The molecule has 0 bridgehead atoms. The Balaban J connectivity index is 2.39. The summed E-state index contributed by atoms with van der Waals surface area (Å²) in [7, 11) is 0. The summed E-state index contributed by atoms with van der Waals surface area (Å²) >= 11 is 0. The fourth-order valence-electron chi connectivity index (χ4n) is 1.90. The molecule has 0 saturated carbocycles. The molecule has 1 aliphatic rings. The van der Waals surface area contributed by atoms with Crippen molar-refractivity contribution < 1.29 is 9.90 Å². The van der Waals surface area contributed by atoms with Crippen molar-refractivity contribution >= 4 is 11.9 Å². The van der Waals surface area contributed by atoms with E-state index in [1.807, 2.05) is 6.92 Å². The number of hydrogen-bond donors (Lipinski definition) is 3. The van der Waals surface area contributed by atoms with Gasteiger partial charge in [-0.2, -0.15) is 0 Å². The molecule has 16 heavy (non-hydrogen) atoms. The van der Waals surface area contributed by atoms with Crippen LogP contribution in [0.25, 0.3) is 0 Å². The lowest BCUT2D eigenvalue weighted by molar-refractivity contribution is 0.209. The third-order valence-electron chi connectivity index (χ3n) is 2.61. The molecule has 0 aliphatic carbocycles. The highest BCUT2D eigenvalue weighted by Gasteiger charge is 2.35. The van der Waals surface area contributed by atoms with E-state index in [0.29, 0.717) is 6.54 Å². The number of likely N-dealkylation sites (N-methyl/N-ethyl adjacent to an activating group) is 1. The van der Waals surface area contributed by atoms with Gasteiger partial charge in [0.25, 0.3) is 0 Å². The number of hydrogen-bond acceptors (Lipinski definition) is 3. The Kier molecular flexibility index (Phi) is 2.52. The number of carbonyl (C=O) groups is 1. The van der Waals surface area contributed by atoms with Gasteiger partial charge >= 0.3 is 6.03 Å². The zero-order valence-electron chi connectivity index (χ0n) is 8.90. The molecule has 5 nitrogen and oxygen atoms in total. The molecule has 1 aliphatic heterocycles. The second-order valence-electron chi connectivity index (χ2n) is 3.63. The van der Waals surface area contributed by atoms with Crippen LogP contribution in [-0.4, -0.2) is 28.4 Å². The van der Waals surface area contributed by atoms with Crippen LogP contribution < -0.4 is 5.32 Å². The molecule has 5 heteroatoms. The first kappa shape index (κ1) is 10.5. The first-order chi connectivity index (χ1) is 7.63. The minimum atomic E-state index is -0.412. The van der Waals surface area contributed by atoms with Crippen molar-refractivity contribution in [2.45, 2.75) is 13.0 Å². The molecule has 1 fully saturated rings. The quantitative estimate of drug-likeness (QED) is 0.704. The van der Waals surface area contributed by atoms with Crippen LogP contribution >= 0.6 is 0 Å². The van der Waals surface area contributed by atoms with Crippen LogP contribution in [0.1, 0.15) is 18.5 Å². The van der Waals surface area contributed by atoms with E-state index in [-0.39, 0.29) is 17.6 Å².